The third-order valence-electron chi connectivity index (χ3n) is 2.26. The van der Waals surface area contributed by atoms with Crippen LogP contribution in [0.4, 0.5) is 0 Å². The van der Waals surface area contributed by atoms with Gasteiger partial charge in [0.2, 0.25) is 0 Å². The van der Waals surface area contributed by atoms with Crippen molar-refractivity contribution in [2.45, 2.75) is 23.5 Å². The number of benzene rings is 1. The SMILES string of the molecule is CC(=O)OCc1ccccc1SSc1ccccn1. The molecule has 98 valence electrons. The molecule has 0 amide bonds. The Bertz CT molecular complexity index is 546. The predicted octanol–water partition coefficient (Wildman–Crippen LogP) is 3.94. The van der Waals surface area contributed by atoms with Crippen molar-refractivity contribution in [1.82, 2.24) is 4.98 Å². The van der Waals surface area contributed by atoms with Crippen molar-refractivity contribution in [1.29, 1.82) is 0 Å². The molecule has 0 spiro atoms. The second kappa shape index (κ2) is 7.21. The molecule has 0 N–H and O–H groups in total. The minimum Gasteiger partial charge on any atom is -0.461 e. The third kappa shape index (κ3) is 4.61. The molecule has 0 saturated heterocycles. The van der Waals surface area contributed by atoms with Gasteiger partial charge in [0.1, 0.15) is 11.6 Å². The van der Waals surface area contributed by atoms with Gasteiger partial charge in [-0.1, -0.05) is 35.1 Å². The molecule has 0 bridgehead atoms. The second-order valence-corrected chi connectivity index (χ2v) is 5.91. The number of carbonyl (C=O) groups excluding carboxylic acids is 1. The maximum absolute atomic E-state index is 10.9. The molecule has 0 radical (unpaired) electrons. The highest BCUT2D eigenvalue weighted by molar-refractivity contribution is 8.76. The fraction of sp³-hybridized carbons (Fsp3) is 0.143. The number of hydrogen-bond acceptors (Lipinski definition) is 5. The lowest BCUT2D eigenvalue weighted by Gasteiger charge is -2.08. The van der Waals surface area contributed by atoms with Gasteiger partial charge >= 0.3 is 5.97 Å². The molecule has 0 fully saturated rings. The molecule has 1 heterocycles. The number of pyridine rings is 1. The van der Waals surface area contributed by atoms with Gasteiger partial charge in [-0.25, -0.2) is 4.98 Å². The number of ether oxygens (including phenoxy) is 1. The topological polar surface area (TPSA) is 39.2 Å². The Morgan fingerprint density at radius 2 is 1.95 bits per heavy atom. The summed E-state index contributed by atoms with van der Waals surface area (Å²) in [6.45, 7) is 1.72. The van der Waals surface area contributed by atoms with Crippen LogP contribution in [0.15, 0.2) is 58.6 Å². The molecule has 2 aromatic rings. The summed E-state index contributed by atoms with van der Waals surface area (Å²) in [5, 5.41) is 0.954. The summed E-state index contributed by atoms with van der Waals surface area (Å²) in [5.41, 5.74) is 1.01. The molecular formula is C14H13NO2S2. The fourth-order valence-electron chi connectivity index (χ4n) is 1.37. The van der Waals surface area contributed by atoms with Crippen molar-refractivity contribution in [2.24, 2.45) is 0 Å². The number of nitrogens with zero attached hydrogens (tertiary/aromatic N) is 1. The molecule has 0 atom stereocenters. The van der Waals surface area contributed by atoms with E-state index in [1.54, 1.807) is 27.8 Å². The number of rotatable bonds is 5. The fourth-order valence-corrected chi connectivity index (χ4v) is 3.46. The number of aromatic nitrogens is 1. The van der Waals surface area contributed by atoms with Crippen molar-refractivity contribution in [3.8, 4) is 0 Å². The van der Waals surface area contributed by atoms with Crippen molar-refractivity contribution in [3.05, 3.63) is 54.2 Å². The first kappa shape index (κ1) is 14.0. The van der Waals surface area contributed by atoms with E-state index in [-0.39, 0.29) is 5.97 Å². The van der Waals surface area contributed by atoms with Crippen LogP contribution in [0.2, 0.25) is 0 Å². The number of esters is 1. The van der Waals surface area contributed by atoms with E-state index in [9.17, 15) is 4.79 Å². The van der Waals surface area contributed by atoms with E-state index in [4.69, 9.17) is 4.74 Å². The molecule has 0 saturated carbocycles. The van der Waals surface area contributed by atoms with Gasteiger partial charge < -0.3 is 4.74 Å². The molecule has 0 aliphatic carbocycles. The van der Waals surface area contributed by atoms with Crippen LogP contribution >= 0.6 is 21.6 Å². The molecule has 2 rings (SSSR count). The van der Waals surface area contributed by atoms with E-state index in [0.29, 0.717) is 6.61 Å². The number of carbonyl (C=O) groups is 1. The first-order valence-electron chi connectivity index (χ1n) is 5.72. The summed E-state index contributed by atoms with van der Waals surface area (Å²) in [7, 11) is 3.20. The molecular weight excluding hydrogens is 278 g/mol. The largest absolute Gasteiger partial charge is 0.461 e. The molecule has 0 aliphatic rings. The van der Waals surface area contributed by atoms with E-state index in [2.05, 4.69) is 4.98 Å². The van der Waals surface area contributed by atoms with Crippen LogP contribution in [0.1, 0.15) is 12.5 Å². The van der Waals surface area contributed by atoms with Crippen molar-refractivity contribution in [3.63, 3.8) is 0 Å². The molecule has 5 heteroatoms. The van der Waals surface area contributed by atoms with Crippen molar-refractivity contribution >= 4 is 27.6 Å². The zero-order chi connectivity index (χ0) is 13.5. The van der Waals surface area contributed by atoms with E-state index < -0.39 is 0 Å². The molecule has 0 unspecified atom stereocenters. The van der Waals surface area contributed by atoms with Crippen molar-refractivity contribution < 1.29 is 9.53 Å². The summed E-state index contributed by atoms with van der Waals surface area (Å²) in [5.74, 6) is -0.266. The van der Waals surface area contributed by atoms with Gasteiger partial charge in [0.15, 0.2) is 0 Å². The third-order valence-corrected chi connectivity index (χ3v) is 4.63. The zero-order valence-corrected chi connectivity index (χ0v) is 12.0. The summed E-state index contributed by atoms with van der Waals surface area (Å²) < 4.78 is 5.04. The average Bonchev–Trinajstić information content (AvgIpc) is 2.45. The van der Waals surface area contributed by atoms with Crippen LogP contribution in [0.5, 0.6) is 0 Å². The lowest BCUT2D eigenvalue weighted by atomic mass is 10.2. The Morgan fingerprint density at radius 1 is 1.16 bits per heavy atom. The van der Waals surface area contributed by atoms with E-state index in [1.165, 1.54) is 6.92 Å². The Kier molecular flexibility index (Phi) is 5.30. The minimum atomic E-state index is -0.266. The van der Waals surface area contributed by atoms with Crippen LogP contribution in [0, 0.1) is 0 Å². The van der Waals surface area contributed by atoms with E-state index >= 15 is 0 Å². The van der Waals surface area contributed by atoms with Crippen LogP contribution in [-0.2, 0) is 16.1 Å². The van der Waals surface area contributed by atoms with Gasteiger partial charge in [-0.15, -0.1) is 0 Å². The first-order valence-corrected chi connectivity index (χ1v) is 7.87. The lowest BCUT2D eigenvalue weighted by molar-refractivity contribution is -0.142. The van der Waals surface area contributed by atoms with Crippen LogP contribution in [0.3, 0.4) is 0 Å². The Labute approximate surface area is 120 Å². The Hall–Kier alpha value is -1.46. The number of hydrogen-bond donors (Lipinski definition) is 0. The Balaban J connectivity index is 2.01. The quantitative estimate of drug-likeness (QED) is 0.616. The van der Waals surface area contributed by atoms with Crippen molar-refractivity contribution in [2.75, 3.05) is 0 Å². The average molecular weight is 291 g/mol. The van der Waals surface area contributed by atoms with E-state index in [1.807, 2.05) is 42.5 Å². The minimum absolute atomic E-state index is 0.266. The maximum Gasteiger partial charge on any atom is 0.302 e. The van der Waals surface area contributed by atoms with Gasteiger partial charge in [-0.2, -0.15) is 0 Å². The highest BCUT2D eigenvalue weighted by Crippen LogP contribution is 2.37. The normalized spacial score (nSPS) is 10.2. The summed E-state index contributed by atoms with van der Waals surface area (Å²) in [4.78, 5) is 16.2. The summed E-state index contributed by atoms with van der Waals surface area (Å²) in [6, 6.07) is 13.7. The Morgan fingerprint density at radius 3 is 2.68 bits per heavy atom. The van der Waals surface area contributed by atoms with Crippen LogP contribution in [0.25, 0.3) is 0 Å². The van der Waals surface area contributed by atoms with E-state index in [0.717, 1.165) is 15.5 Å². The van der Waals surface area contributed by atoms with Gasteiger partial charge in [-0.05, 0) is 29.0 Å². The smallest absolute Gasteiger partial charge is 0.302 e. The highest BCUT2D eigenvalue weighted by Gasteiger charge is 2.05. The molecule has 1 aromatic heterocycles. The van der Waals surface area contributed by atoms with Gasteiger partial charge in [0.25, 0.3) is 0 Å². The first-order chi connectivity index (χ1) is 9.25. The van der Waals surface area contributed by atoms with Gasteiger partial charge in [0.05, 0.1) is 0 Å². The standard InChI is InChI=1S/C14H13NO2S2/c1-11(16)17-10-12-6-2-3-7-13(12)18-19-14-8-4-5-9-15-14/h2-9H,10H2,1H3. The van der Waals surface area contributed by atoms with Crippen LogP contribution < -0.4 is 0 Å². The highest BCUT2D eigenvalue weighted by atomic mass is 33.1. The molecule has 3 nitrogen and oxygen atoms in total. The molecule has 1 aromatic carbocycles. The molecule has 19 heavy (non-hydrogen) atoms. The van der Waals surface area contributed by atoms with Gasteiger partial charge in [0, 0.05) is 23.6 Å². The lowest BCUT2D eigenvalue weighted by Crippen LogP contribution is -1.99. The summed E-state index contributed by atoms with van der Waals surface area (Å²) in [6.07, 6.45) is 1.77. The molecule has 0 aliphatic heterocycles. The predicted molar refractivity (Wildman–Crippen MR) is 77.9 cm³/mol. The summed E-state index contributed by atoms with van der Waals surface area (Å²) >= 11 is 0. The zero-order valence-electron chi connectivity index (χ0n) is 10.4. The van der Waals surface area contributed by atoms with Crippen LogP contribution in [-0.4, -0.2) is 11.0 Å². The maximum atomic E-state index is 10.9. The second-order valence-electron chi connectivity index (χ2n) is 3.72. The van der Waals surface area contributed by atoms with Gasteiger partial charge in [-0.3, -0.25) is 4.79 Å². The monoisotopic (exact) mass is 291 g/mol.